The van der Waals surface area contributed by atoms with Crippen LogP contribution in [0.1, 0.15) is 11.3 Å². The smallest absolute Gasteiger partial charge is 0.406 e. The van der Waals surface area contributed by atoms with E-state index in [9.17, 15) is 10.1 Å². The quantitative estimate of drug-likeness (QED) is 0.609. The van der Waals surface area contributed by atoms with Crippen LogP contribution in [0.3, 0.4) is 0 Å². The second-order valence-corrected chi connectivity index (χ2v) is 5.47. The van der Waals surface area contributed by atoms with Crippen LogP contribution in [0.25, 0.3) is 0 Å². The lowest BCUT2D eigenvalue weighted by Gasteiger charge is -2.09. The van der Waals surface area contributed by atoms with Crippen LogP contribution in [0.5, 0.6) is 17.2 Å². The van der Waals surface area contributed by atoms with Crippen LogP contribution in [0.2, 0.25) is 0 Å². The number of rotatable bonds is 4. The van der Waals surface area contributed by atoms with E-state index in [0.717, 1.165) is 10.0 Å². The average Bonchev–Trinajstić information content (AvgIpc) is 2.92. The normalized spacial score (nSPS) is 12.3. The van der Waals surface area contributed by atoms with Crippen molar-refractivity contribution in [1.29, 1.82) is 0 Å². The number of ether oxygens (including phenoxy) is 3. The summed E-state index contributed by atoms with van der Waals surface area (Å²) < 4.78 is 16.9. The Labute approximate surface area is 134 Å². The lowest BCUT2D eigenvalue weighted by Crippen LogP contribution is -2.02. The largest absolute Gasteiger partial charge is 0.481 e. The molecule has 0 aliphatic carbocycles. The Balaban J connectivity index is 1.83. The van der Waals surface area contributed by atoms with Gasteiger partial charge in [-0.3, -0.25) is 0 Å². The molecule has 2 aromatic rings. The molecule has 1 aliphatic heterocycles. The van der Waals surface area contributed by atoms with Gasteiger partial charge in [0, 0.05) is 17.0 Å². The van der Waals surface area contributed by atoms with Crippen LogP contribution in [-0.4, -0.2) is 16.7 Å². The molecule has 2 heterocycles. The highest BCUT2D eigenvalue weighted by atomic mass is 79.9. The summed E-state index contributed by atoms with van der Waals surface area (Å²) in [6.45, 7) is 2.01. The maximum Gasteiger partial charge on any atom is 0.406 e. The van der Waals surface area contributed by atoms with E-state index in [1.807, 2.05) is 0 Å². The number of fused-ring (bicyclic) bond motifs is 1. The second-order valence-electron chi connectivity index (χ2n) is 4.62. The van der Waals surface area contributed by atoms with E-state index in [0.29, 0.717) is 17.2 Å². The summed E-state index contributed by atoms with van der Waals surface area (Å²) in [5.74, 6) is 1.11. The first kappa shape index (κ1) is 14.6. The SMILES string of the molecule is Cc1ccc(OCc2cc3c(cc2Br)OCO3)c([N+](=O)[O-])n1. The summed E-state index contributed by atoms with van der Waals surface area (Å²) >= 11 is 3.42. The first-order chi connectivity index (χ1) is 10.5. The van der Waals surface area contributed by atoms with Crippen molar-refractivity contribution in [2.75, 3.05) is 6.79 Å². The van der Waals surface area contributed by atoms with Crippen LogP contribution >= 0.6 is 15.9 Å². The average molecular weight is 367 g/mol. The number of benzene rings is 1. The van der Waals surface area contributed by atoms with E-state index in [1.165, 1.54) is 0 Å². The number of nitrogens with zero attached hydrogens (tertiary/aromatic N) is 2. The number of aryl methyl sites for hydroxylation is 1. The number of halogens is 1. The molecular formula is C14H11BrN2O5. The fraction of sp³-hybridized carbons (Fsp3) is 0.214. The summed E-state index contributed by atoms with van der Waals surface area (Å²) in [6.07, 6.45) is 0. The van der Waals surface area contributed by atoms with Gasteiger partial charge in [-0.05, 0) is 34.2 Å². The third-order valence-electron chi connectivity index (χ3n) is 3.08. The fourth-order valence-electron chi connectivity index (χ4n) is 2.00. The number of aromatic nitrogens is 1. The van der Waals surface area contributed by atoms with E-state index in [4.69, 9.17) is 14.2 Å². The summed E-state index contributed by atoms with van der Waals surface area (Å²) in [5.41, 5.74) is 1.35. The van der Waals surface area contributed by atoms with Crippen molar-refractivity contribution in [3.8, 4) is 17.2 Å². The predicted octanol–water partition coefficient (Wildman–Crippen LogP) is 3.37. The molecule has 0 spiro atoms. The number of nitro groups is 1. The van der Waals surface area contributed by atoms with E-state index in [-0.39, 0.29) is 25.0 Å². The van der Waals surface area contributed by atoms with Crippen LogP contribution in [0, 0.1) is 17.0 Å². The van der Waals surface area contributed by atoms with Crippen molar-refractivity contribution >= 4 is 21.7 Å². The van der Waals surface area contributed by atoms with Gasteiger partial charge in [-0.2, -0.15) is 0 Å². The highest BCUT2D eigenvalue weighted by molar-refractivity contribution is 9.10. The molecule has 0 N–H and O–H groups in total. The molecule has 1 aromatic carbocycles. The van der Waals surface area contributed by atoms with Crippen molar-refractivity contribution in [2.24, 2.45) is 0 Å². The first-order valence-electron chi connectivity index (χ1n) is 6.37. The van der Waals surface area contributed by atoms with Crippen molar-refractivity contribution in [3.63, 3.8) is 0 Å². The number of hydrogen-bond acceptors (Lipinski definition) is 6. The lowest BCUT2D eigenvalue weighted by molar-refractivity contribution is -0.390. The Morgan fingerprint density at radius 3 is 2.82 bits per heavy atom. The summed E-state index contributed by atoms with van der Waals surface area (Å²) in [4.78, 5) is 14.3. The molecule has 8 heteroatoms. The minimum absolute atomic E-state index is 0.125. The van der Waals surface area contributed by atoms with Gasteiger partial charge >= 0.3 is 5.82 Å². The number of pyridine rings is 1. The summed E-state index contributed by atoms with van der Waals surface area (Å²) in [7, 11) is 0. The summed E-state index contributed by atoms with van der Waals surface area (Å²) in [5, 5.41) is 11.0. The molecule has 1 aromatic heterocycles. The molecule has 0 amide bonds. The topological polar surface area (TPSA) is 83.7 Å². The third kappa shape index (κ3) is 2.82. The monoisotopic (exact) mass is 366 g/mol. The molecule has 1 aliphatic rings. The molecule has 0 saturated carbocycles. The van der Waals surface area contributed by atoms with Crippen LogP contribution in [0.4, 0.5) is 5.82 Å². The van der Waals surface area contributed by atoms with Gasteiger partial charge in [0.25, 0.3) is 0 Å². The zero-order valence-electron chi connectivity index (χ0n) is 11.5. The van der Waals surface area contributed by atoms with Crippen molar-refractivity contribution in [3.05, 3.63) is 50.1 Å². The van der Waals surface area contributed by atoms with Gasteiger partial charge in [-0.25, -0.2) is 0 Å². The zero-order valence-corrected chi connectivity index (χ0v) is 13.1. The van der Waals surface area contributed by atoms with E-state index < -0.39 is 4.92 Å². The molecule has 0 saturated heterocycles. The van der Waals surface area contributed by atoms with E-state index in [2.05, 4.69) is 20.9 Å². The molecule has 22 heavy (non-hydrogen) atoms. The standard InChI is InChI=1S/C14H11BrN2O5/c1-8-2-3-11(14(16-8)17(18)19)20-6-9-4-12-13(5-10(9)15)22-7-21-12/h2-5H,6-7H2,1H3. The molecule has 0 atom stereocenters. The molecule has 0 unspecified atom stereocenters. The molecular weight excluding hydrogens is 356 g/mol. The maximum atomic E-state index is 11.0. The van der Waals surface area contributed by atoms with Gasteiger partial charge in [0.2, 0.25) is 12.5 Å². The van der Waals surface area contributed by atoms with Gasteiger partial charge < -0.3 is 24.3 Å². The predicted molar refractivity (Wildman–Crippen MR) is 80.2 cm³/mol. The Morgan fingerprint density at radius 1 is 1.36 bits per heavy atom. The van der Waals surface area contributed by atoms with Crippen molar-refractivity contribution in [2.45, 2.75) is 13.5 Å². The van der Waals surface area contributed by atoms with Crippen LogP contribution < -0.4 is 14.2 Å². The highest BCUT2D eigenvalue weighted by Gasteiger charge is 2.20. The third-order valence-corrected chi connectivity index (χ3v) is 3.81. The molecule has 3 rings (SSSR count). The molecule has 0 bridgehead atoms. The number of hydrogen-bond donors (Lipinski definition) is 0. The van der Waals surface area contributed by atoms with Gasteiger partial charge in [0.15, 0.2) is 11.5 Å². The maximum absolute atomic E-state index is 11.0. The van der Waals surface area contributed by atoms with Crippen molar-refractivity contribution in [1.82, 2.24) is 4.98 Å². The Hall–Kier alpha value is -2.35. The van der Waals surface area contributed by atoms with Gasteiger partial charge in [0.1, 0.15) is 12.3 Å². The van der Waals surface area contributed by atoms with Gasteiger partial charge in [-0.1, -0.05) is 15.9 Å². The molecule has 0 radical (unpaired) electrons. The Kier molecular flexibility index (Phi) is 3.84. The van der Waals surface area contributed by atoms with Crippen LogP contribution in [-0.2, 0) is 6.61 Å². The van der Waals surface area contributed by atoms with Gasteiger partial charge in [0.05, 0.1) is 0 Å². The minimum atomic E-state index is -0.559. The molecule has 0 fully saturated rings. The first-order valence-corrected chi connectivity index (χ1v) is 7.17. The minimum Gasteiger partial charge on any atom is -0.481 e. The van der Waals surface area contributed by atoms with E-state index in [1.54, 1.807) is 31.2 Å². The van der Waals surface area contributed by atoms with Crippen LogP contribution in [0.15, 0.2) is 28.7 Å². The second kappa shape index (κ2) is 5.80. The van der Waals surface area contributed by atoms with Crippen molar-refractivity contribution < 1.29 is 19.1 Å². The Morgan fingerprint density at radius 2 is 2.09 bits per heavy atom. The summed E-state index contributed by atoms with van der Waals surface area (Å²) in [6, 6.07) is 6.76. The Bertz CT molecular complexity index is 750. The highest BCUT2D eigenvalue weighted by Crippen LogP contribution is 2.37. The van der Waals surface area contributed by atoms with Gasteiger partial charge in [-0.15, -0.1) is 0 Å². The van der Waals surface area contributed by atoms with E-state index >= 15 is 0 Å². The molecule has 7 nitrogen and oxygen atoms in total. The zero-order chi connectivity index (χ0) is 15.7. The lowest BCUT2D eigenvalue weighted by atomic mass is 10.2. The molecule has 114 valence electrons. The fourth-order valence-corrected chi connectivity index (χ4v) is 2.44.